The van der Waals surface area contributed by atoms with Crippen molar-refractivity contribution >= 4 is 17.3 Å². The fourth-order valence-corrected chi connectivity index (χ4v) is 2.49. The van der Waals surface area contributed by atoms with Gasteiger partial charge in [0.2, 0.25) is 0 Å². The van der Waals surface area contributed by atoms with E-state index in [0.717, 1.165) is 0 Å². The molecule has 0 spiro atoms. The average molecular weight is 257 g/mol. The summed E-state index contributed by atoms with van der Waals surface area (Å²) in [5.41, 5.74) is 1.65. The number of carbonyl (C=O) groups excluding carboxylic acids is 1. The predicted octanol–water partition coefficient (Wildman–Crippen LogP) is 3.42. The maximum absolute atomic E-state index is 12.3. The SMILES string of the molecule is CN=C1CC(C)(C)CC(=O)/C1=C(/O)c1ccccc1. The molecule has 0 unspecified atom stereocenters. The molecular formula is C16H19NO2. The number of aliphatic hydroxyl groups excluding tert-OH is 1. The highest BCUT2D eigenvalue weighted by Gasteiger charge is 2.36. The largest absolute Gasteiger partial charge is 0.506 e. The molecule has 1 aliphatic rings. The lowest BCUT2D eigenvalue weighted by molar-refractivity contribution is -0.117. The van der Waals surface area contributed by atoms with Gasteiger partial charge in [-0.2, -0.15) is 0 Å². The molecule has 0 atom stereocenters. The van der Waals surface area contributed by atoms with Crippen molar-refractivity contribution in [2.45, 2.75) is 26.7 Å². The lowest BCUT2D eigenvalue weighted by atomic mass is 9.73. The van der Waals surface area contributed by atoms with Gasteiger partial charge < -0.3 is 5.11 Å². The van der Waals surface area contributed by atoms with Gasteiger partial charge in [0, 0.05) is 24.7 Å². The predicted molar refractivity (Wildman–Crippen MR) is 77.4 cm³/mol. The molecule has 0 bridgehead atoms. The number of Topliss-reactive ketones (excluding diaryl/α,β-unsaturated/α-hetero) is 1. The summed E-state index contributed by atoms with van der Waals surface area (Å²) in [6, 6.07) is 9.14. The van der Waals surface area contributed by atoms with E-state index in [1.165, 1.54) is 0 Å². The Labute approximate surface area is 113 Å². The van der Waals surface area contributed by atoms with E-state index in [-0.39, 0.29) is 17.0 Å². The second-order valence-corrected chi connectivity index (χ2v) is 5.70. The van der Waals surface area contributed by atoms with Crippen molar-refractivity contribution in [3.8, 4) is 0 Å². The minimum Gasteiger partial charge on any atom is -0.506 e. The zero-order valence-corrected chi connectivity index (χ0v) is 11.6. The van der Waals surface area contributed by atoms with Crippen molar-refractivity contribution in [2.24, 2.45) is 10.4 Å². The van der Waals surface area contributed by atoms with E-state index in [4.69, 9.17) is 0 Å². The van der Waals surface area contributed by atoms with E-state index in [1.54, 1.807) is 19.2 Å². The van der Waals surface area contributed by atoms with E-state index < -0.39 is 0 Å². The number of allylic oxidation sites excluding steroid dienone is 1. The van der Waals surface area contributed by atoms with Crippen LogP contribution in [0.3, 0.4) is 0 Å². The Morgan fingerprint density at radius 3 is 2.42 bits per heavy atom. The molecule has 0 aliphatic heterocycles. The quantitative estimate of drug-likeness (QED) is 0.619. The third kappa shape index (κ3) is 2.75. The Morgan fingerprint density at radius 1 is 1.21 bits per heavy atom. The zero-order chi connectivity index (χ0) is 14.0. The molecule has 1 aliphatic carbocycles. The van der Waals surface area contributed by atoms with Crippen molar-refractivity contribution < 1.29 is 9.90 Å². The highest BCUT2D eigenvalue weighted by molar-refractivity contribution is 6.28. The molecule has 0 saturated heterocycles. The Kier molecular flexibility index (Phi) is 3.56. The van der Waals surface area contributed by atoms with Gasteiger partial charge in [-0.1, -0.05) is 44.2 Å². The number of hydrogen-bond acceptors (Lipinski definition) is 3. The first kappa shape index (κ1) is 13.5. The summed E-state index contributed by atoms with van der Waals surface area (Å²) in [5.74, 6) is 0.0138. The van der Waals surface area contributed by atoms with Crippen molar-refractivity contribution in [1.29, 1.82) is 0 Å². The summed E-state index contributed by atoms with van der Waals surface area (Å²) in [6.07, 6.45) is 1.15. The van der Waals surface area contributed by atoms with Gasteiger partial charge in [-0.3, -0.25) is 9.79 Å². The molecule has 19 heavy (non-hydrogen) atoms. The highest BCUT2D eigenvalue weighted by Crippen LogP contribution is 2.36. The molecule has 0 radical (unpaired) electrons. The Balaban J connectivity index is 2.51. The van der Waals surface area contributed by atoms with E-state index in [0.29, 0.717) is 29.7 Å². The van der Waals surface area contributed by atoms with Crippen molar-refractivity contribution in [1.82, 2.24) is 0 Å². The number of aliphatic hydroxyl groups is 1. The van der Waals surface area contributed by atoms with E-state index in [2.05, 4.69) is 4.99 Å². The second kappa shape index (κ2) is 5.00. The van der Waals surface area contributed by atoms with Crippen LogP contribution in [0.15, 0.2) is 40.9 Å². The van der Waals surface area contributed by atoms with Gasteiger partial charge in [0.15, 0.2) is 5.78 Å². The molecule has 0 aromatic heterocycles. The molecule has 1 N–H and O–H groups in total. The van der Waals surface area contributed by atoms with E-state index in [1.807, 2.05) is 32.0 Å². The Morgan fingerprint density at radius 2 is 1.84 bits per heavy atom. The molecule has 1 fully saturated rings. The van der Waals surface area contributed by atoms with Crippen LogP contribution in [0.5, 0.6) is 0 Å². The summed E-state index contributed by atoms with van der Waals surface area (Å²) < 4.78 is 0. The first-order chi connectivity index (χ1) is 8.94. The highest BCUT2D eigenvalue weighted by atomic mass is 16.3. The number of ketones is 1. The molecule has 1 aromatic rings. The van der Waals surface area contributed by atoms with E-state index in [9.17, 15) is 9.90 Å². The van der Waals surface area contributed by atoms with Gasteiger partial charge in [0.25, 0.3) is 0 Å². The average Bonchev–Trinajstić information content (AvgIpc) is 2.37. The Bertz CT molecular complexity index is 553. The van der Waals surface area contributed by atoms with E-state index >= 15 is 0 Å². The maximum atomic E-state index is 12.3. The van der Waals surface area contributed by atoms with Crippen molar-refractivity contribution in [2.75, 3.05) is 7.05 Å². The van der Waals surface area contributed by atoms with Crippen LogP contribution >= 0.6 is 0 Å². The van der Waals surface area contributed by atoms with Gasteiger partial charge in [-0.15, -0.1) is 0 Å². The molecule has 2 rings (SSSR count). The topological polar surface area (TPSA) is 49.7 Å². The van der Waals surface area contributed by atoms with Crippen molar-refractivity contribution in [3.05, 3.63) is 41.5 Å². The lowest BCUT2D eigenvalue weighted by Crippen LogP contribution is -2.32. The zero-order valence-electron chi connectivity index (χ0n) is 11.6. The number of nitrogens with zero attached hydrogens (tertiary/aromatic N) is 1. The summed E-state index contributed by atoms with van der Waals surface area (Å²) in [7, 11) is 1.67. The molecule has 3 heteroatoms. The molecule has 0 heterocycles. The van der Waals surface area contributed by atoms with Crippen LogP contribution in [0.2, 0.25) is 0 Å². The molecule has 3 nitrogen and oxygen atoms in total. The van der Waals surface area contributed by atoms with Gasteiger partial charge in [-0.05, 0) is 11.8 Å². The molecule has 0 amide bonds. The molecule has 100 valence electrons. The third-order valence-corrected chi connectivity index (χ3v) is 3.41. The summed E-state index contributed by atoms with van der Waals surface area (Å²) in [5, 5.41) is 10.4. The number of hydrogen-bond donors (Lipinski definition) is 1. The van der Waals surface area contributed by atoms with Crippen LogP contribution < -0.4 is 0 Å². The van der Waals surface area contributed by atoms with Crippen molar-refractivity contribution in [3.63, 3.8) is 0 Å². The van der Waals surface area contributed by atoms with Gasteiger partial charge in [0.05, 0.1) is 5.57 Å². The van der Waals surface area contributed by atoms with Gasteiger partial charge >= 0.3 is 0 Å². The molecule has 1 aromatic carbocycles. The minimum atomic E-state index is -0.0909. The first-order valence-electron chi connectivity index (χ1n) is 6.42. The maximum Gasteiger partial charge on any atom is 0.168 e. The molecular weight excluding hydrogens is 238 g/mol. The number of aliphatic imine (C=N–C) groups is 1. The second-order valence-electron chi connectivity index (χ2n) is 5.70. The van der Waals surface area contributed by atoms with Crippen LogP contribution in [0.1, 0.15) is 32.3 Å². The fraction of sp³-hybridized carbons (Fsp3) is 0.375. The number of rotatable bonds is 1. The lowest BCUT2D eigenvalue weighted by Gasteiger charge is -2.31. The number of carbonyl (C=O) groups is 1. The van der Waals surface area contributed by atoms with Crippen LogP contribution in [0.25, 0.3) is 5.76 Å². The monoisotopic (exact) mass is 257 g/mol. The minimum absolute atomic E-state index is 0.0294. The van der Waals surface area contributed by atoms with Crippen LogP contribution in [-0.4, -0.2) is 23.6 Å². The third-order valence-electron chi connectivity index (χ3n) is 3.41. The van der Waals surface area contributed by atoms with Crippen LogP contribution in [0.4, 0.5) is 0 Å². The van der Waals surface area contributed by atoms with Gasteiger partial charge in [-0.25, -0.2) is 0 Å². The fourth-order valence-electron chi connectivity index (χ4n) is 2.49. The summed E-state index contributed by atoms with van der Waals surface area (Å²) >= 11 is 0. The molecule has 1 saturated carbocycles. The van der Waals surface area contributed by atoms with Crippen LogP contribution in [0, 0.1) is 5.41 Å². The smallest absolute Gasteiger partial charge is 0.168 e. The summed E-state index contributed by atoms with van der Waals surface area (Å²) in [4.78, 5) is 16.5. The normalized spacial score (nSPS) is 23.5. The van der Waals surface area contributed by atoms with Gasteiger partial charge in [0.1, 0.15) is 5.76 Å². The Hall–Kier alpha value is -1.90. The number of benzene rings is 1. The van der Waals surface area contributed by atoms with Crippen LogP contribution in [-0.2, 0) is 4.79 Å². The summed E-state index contributed by atoms with van der Waals surface area (Å²) in [6.45, 7) is 4.10. The first-order valence-corrected chi connectivity index (χ1v) is 6.42. The standard InChI is InChI=1S/C16H19NO2/c1-16(2)9-12(17-3)14(13(18)10-16)15(19)11-7-5-4-6-8-11/h4-8,19H,9-10H2,1-3H3/b15-14+,17-12?.